The van der Waals surface area contributed by atoms with Gasteiger partial charge in [-0.05, 0) is 30.5 Å². The van der Waals surface area contributed by atoms with E-state index in [9.17, 15) is 13.4 Å². The van der Waals surface area contributed by atoms with Crippen molar-refractivity contribution in [1.82, 2.24) is 14.6 Å². The van der Waals surface area contributed by atoms with Crippen LogP contribution in [-0.4, -0.2) is 57.2 Å². The van der Waals surface area contributed by atoms with Crippen molar-refractivity contribution in [3.63, 3.8) is 0 Å². The van der Waals surface area contributed by atoms with Gasteiger partial charge in [0.15, 0.2) is 10.8 Å². The fraction of sp³-hybridized carbons (Fsp3) is 0.333. The Morgan fingerprint density at radius 1 is 1.42 bits per heavy atom. The van der Waals surface area contributed by atoms with E-state index in [0.29, 0.717) is 34.9 Å². The molecule has 3 heterocycles. The SMILES string of the molecule is C=S(C)(=O)N[C@H]1CC2=C(C(=O)OCC)[C@H](c3ccc(F)cc3)N=C(c3nccs3)N2C1. The Kier molecular flexibility index (Phi) is 5.96. The predicted octanol–water partition coefficient (Wildman–Crippen LogP) is 2.53. The number of fused-ring (bicyclic) bond motifs is 1. The summed E-state index contributed by atoms with van der Waals surface area (Å²) in [5.41, 5.74) is 1.83. The summed E-state index contributed by atoms with van der Waals surface area (Å²) < 4.78 is 34.2. The van der Waals surface area contributed by atoms with Crippen LogP contribution in [0, 0.1) is 5.82 Å². The molecule has 10 heteroatoms. The Morgan fingerprint density at radius 3 is 2.77 bits per heavy atom. The lowest BCUT2D eigenvalue weighted by Crippen LogP contribution is -2.39. The summed E-state index contributed by atoms with van der Waals surface area (Å²) in [7, 11) is -2.45. The van der Waals surface area contributed by atoms with E-state index in [1.807, 2.05) is 10.3 Å². The highest BCUT2D eigenvalue weighted by Gasteiger charge is 2.42. The molecule has 2 aromatic rings. The van der Waals surface area contributed by atoms with E-state index in [-0.39, 0.29) is 18.5 Å². The third-order valence-corrected chi connectivity index (χ3v) is 6.58. The molecule has 1 aromatic carbocycles. The van der Waals surface area contributed by atoms with Gasteiger partial charge in [0.25, 0.3) is 0 Å². The molecule has 0 bridgehead atoms. The highest BCUT2D eigenvalue weighted by atomic mass is 32.2. The smallest absolute Gasteiger partial charge is 0.338 e. The largest absolute Gasteiger partial charge is 0.463 e. The number of hydrogen-bond acceptors (Lipinski definition) is 7. The average Bonchev–Trinajstić information content (AvgIpc) is 3.36. The number of aliphatic imine (C=N–C) groups is 1. The average molecular weight is 463 g/mol. The second-order valence-corrected chi connectivity index (χ2v) is 10.6. The van der Waals surface area contributed by atoms with Crippen molar-refractivity contribution in [2.45, 2.75) is 25.4 Å². The number of carbonyl (C=O) groups excluding carboxylic acids is 1. The number of rotatable bonds is 6. The van der Waals surface area contributed by atoms with Gasteiger partial charge in [-0.2, -0.15) is 0 Å². The van der Waals surface area contributed by atoms with Crippen LogP contribution in [0.2, 0.25) is 0 Å². The third-order valence-electron chi connectivity index (χ3n) is 4.98. The number of nitrogens with one attached hydrogen (secondary N) is 1. The molecular formula is C21H23FN4O3S2. The molecule has 2 aliphatic heterocycles. The van der Waals surface area contributed by atoms with Crippen LogP contribution in [0.1, 0.15) is 30.0 Å². The molecule has 4 rings (SSSR count). The second-order valence-electron chi connectivity index (χ2n) is 7.46. The Labute approximate surface area is 184 Å². The molecule has 164 valence electrons. The number of benzene rings is 1. The third kappa shape index (κ3) is 4.56. The van der Waals surface area contributed by atoms with Crippen molar-refractivity contribution in [2.75, 3.05) is 19.4 Å². The lowest BCUT2D eigenvalue weighted by molar-refractivity contribution is -0.139. The van der Waals surface area contributed by atoms with Crippen LogP contribution >= 0.6 is 11.3 Å². The maximum Gasteiger partial charge on any atom is 0.338 e. The molecule has 31 heavy (non-hydrogen) atoms. The summed E-state index contributed by atoms with van der Waals surface area (Å²) in [4.78, 5) is 24.2. The minimum atomic E-state index is -2.45. The van der Waals surface area contributed by atoms with Gasteiger partial charge < -0.3 is 9.64 Å². The lowest BCUT2D eigenvalue weighted by Gasteiger charge is -2.31. The topological polar surface area (TPSA) is 83.9 Å². The van der Waals surface area contributed by atoms with Crippen molar-refractivity contribution in [3.8, 4) is 0 Å². The van der Waals surface area contributed by atoms with Gasteiger partial charge >= 0.3 is 5.97 Å². The van der Waals surface area contributed by atoms with Crippen LogP contribution in [0.25, 0.3) is 0 Å². The van der Waals surface area contributed by atoms with E-state index < -0.39 is 21.7 Å². The first kappa shape index (κ1) is 21.7. The summed E-state index contributed by atoms with van der Waals surface area (Å²) in [6.45, 7) is 2.43. The molecule has 2 aliphatic rings. The van der Waals surface area contributed by atoms with Gasteiger partial charge in [-0.25, -0.2) is 18.9 Å². The number of aromatic nitrogens is 1. The molecule has 1 saturated heterocycles. The number of carbonyl (C=O) groups is 1. The van der Waals surface area contributed by atoms with Crippen molar-refractivity contribution >= 4 is 38.7 Å². The van der Waals surface area contributed by atoms with Gasteiger partial charge in [-0.1, -0.05) is 12.1 Å². The minimum absolute atomic E-state index is 0.188. The maximum atomic E-state index is 13.6. The van der Waals surface area contributed by atoms with Crippen molar-refractivity contribution in [2.24, 2.45) is 4.99 Å². The van der Waals surface area contributed by atoms with E-state index >= 15 is 0 Å². The summed E-state index contributed by atoms with van der Waals surface area (Å²) >= 11 is 1.44. The summed E-state index contributed by atoms with van der Waals surface area (Å²) in [5.74, 6) is 3.48. The normalized spacial score (nSPS) is 22.7. The lowest BCUT2D eigenvalue weighted by atomic mass is 9.94. The van der Waals surface area contributed by atoms with Gasteiger partial charge in [0.05, 0.1) is 12.2 Å². The van der Waals surface area contributed by atoms with Crippen LogP contribution in [0.3, 0.4) is 0 Å². The zero-order valence-electron chi connectivity index (χ0n) is 17.2. The predicted molar refractivity (Wildman–Crippen MR) is 121 cm³/mol. The molecule has 0 spiro atoms. The van der Waals surface area contributed by atoms with Gasteiger partial charge in [0.1, 0.15) is 11.9 Å². The van der Waals surface area contributed by atoms with Gasteiger partial charge in [-0.3, -0.25) is 9.20 Å². The first-order chi connectivity index (χ1) is 14.8. The zero-order chi connectivity index (χ0) is 22.2. The van der Waals surface area contributed by atoms with E-state index in [1.165, 1.54) is 23.5 Å². The monoisotopic (exact) mass is 462 g/mol. The Bertz CT molecular complexity index is 1140. The number of thiazole rings is 1. The zero-order valence-corrected chi connectivity index (χ0v) is 18.8. The van der Waals surface area contributed by atoms with E-state index in [2.05, 4.69) is 15.6 Å². The fourth-order valence-electron chi connectivity index (χ4n) is 3.88. The van der Waals surface area contributed by atoms with Crippen molar-refractivity contribution in [1.29, 1.82) is 0 Å². The standard InChI is InChI=1S/C21H23FN4O3S2/c1-4-29-21(27)17-16-11-15(25-31(2,3)28)12-26(16)19(20-23-9-10-30-20)24-18(17)13-5-7-14(22)8-6-13/h5-10,15,18H,2,4,11-12H2,1,3H3,(H,25,28)/t15-,18-,31?/m0/s1. The summed E-state index contributed by atoms with van der Waals surface area (Å²) in [6.07, 6.45) is 3.69. The van der Waals surface area contributed by atoms with Crippen LogP contribution in [0.15, 0.2) is 52.1 Å². The first-order valence-electron chi connectivity index (χ1n) is 9.77. The number of halogens is 1. The first-order valence-corrected chi connectivity index (χ1v) is 12.8. The summed E-state index contributed by atoms with van der Waals surface area (Å²) in [6, 6.07) is 5.10. The molecule has 0 amide bonds. The number of hydrogen-bond donors (Lipinski definition) is 1. The maximum absolute atomic E-state index is 13.6. The van der Waals surface area contributed by atoms with Crippen molar-refractivity contribution < 1.29 is 18.1 Å². The second kappa shape index (κ2) is 8.52. The number of esters is 1. The van der Waals surface area contributed by atoms with Crippen LogP contribution in [-0.2, 0) is 19.2 Å². The molecule has 3 atom stereocenters. The fourth-order valence-corrected chi connectivity index (χ4v) is 5.39. The Morgan fingerprint density at radius 2 is 2.16 bits per heavy atom. The molecule has 0 radical (unpaired) electrons. The van der Waals surface area contributed by atoms with Gasteiger partial charge in [0, 0.05) is 52.2 Å². The van der Waals surface area contributed by atoms with E-state index in [4.69, 9.17) is 9.73 Å². The molecule has 0 saturated carbocycles. The van der Waals surface area contributed by atoms with Crippen LogP contribution < -0.4 is 4.72 Å². The highest BCUT2D eigenvalue weighted by Crippen LogP contribution is 2.40. The number of ether oxygens (including phenoxy) is 1. The van der Waals surface area contributed by atoms with Gasteiger partial charge in [-0.15, -0.1) is 11.3 Å². The highest BCUT2D eigenvalue weighted by molar-refractivity contribution is 7.97. The number of amidine groups is 1. The molecular weight excluding hydrogens is 439 g/mol. The quantitative estimate of drug-likeness (QED) is 0.527. The molecule has 1 fully saturated rings. The van der Waals surface area contributed by atoms with Crippen molar-refractivity contribution in [3.05, 3.63) is 63.5 Å². The number of nitrogens with zero attached hydrogens (tertiary/aromatic N) is 3. The van der Waals surface area contributed by atoms with Crippen LogP contribution in [0.4, 0.5) is 4.39 Å². The summed E-state index contributed by atoms with van der Waals surface area (Å²) in [5, 5.41) is 2.57. The van der Waals surface area contributed by atoms with Gasteiger partial charge in [0.2, 0.25) is 0 Å². The molecule has 0 aliphatic carbocycles. The molecule has 1 N–H and O–H groups in total. The van der Waals surface area contributed by atoms with E-state index in [0.717, 1.165) is 5.70 Å². The molecule has 7 nitrogen and oxygen atoms in total. The Hall–Kier alpha value is -2.56. The minimum Gasteiger partial charge on any atom is -0.463 e. The molecule has 1 unspecified atom stereocenters. The Balaban J connectivity index is 1.86. The molecule has 1 aromatic heterocycles. The van der Waals surface area contributed by atoms with Crippen LogP contribution in [0.5, 0.6) is 0 Å². The van der Waals surface area contributed by atoms with E-state index in [1.54, 1.807) is 31.5 Å².